The van der Waals surface area contributed by atoms with Gasteiger partial charge < -0.3 is 27.6 Å². The van der Waals surface area contributed by atoms with E-state index in [1.165, 1.54) is 0 Å². The maximum absolute atomic E-state index is 13.1. The van der Waals surface area contributed by atoms with Gasteiger partial charge in [-0.15, -0.1) is 0 Å². The number of imidazole rings is 1. The lowest BCUT2D eigenvalue weighted by molar-refractivity contribution is -0.127. The molecule has 6 aromatic carbocycles. The van der Waals surface area contributed by atoms with Crippen molar-refractivity contribution in [3.8, 4) is 56.1 Å². The normalized spacial score (nSPS) is 15.5. The van der Waals surface area contributed by atoms with Gasteiger partial charge in [0.2, 0.25) is 0 Å². The van der Waals surface area contributed by atoms with Crippen molar-refractivity contribution in [3.63, 3.8) is 0 Å². The third-order valence-electron chi connectivity index (χ3n) is 17.4. The Balaban J connectivity index is 0.000000147. The monoisotopic (exact) mass is 1320 g/mol. The van der Waals surface area contributed by atoms with Crippen LogP contribution < -0.4 is 9.47 Å². The Morgan fingerprint density at radius 2 is 0.792 bits per heavy atom. The average molecular weight is 1330 g/mol. The molecule has 0 N–H and O–H groups in total. The number of nitrogens with zero attached hydrogens (tertiary/aromatic N) is 8. The number of ether oxygens (including phenoxy) is 2. The fourth-order valence-electron chi connectivity index (χ4n) is 11.8. The number of fused-ring (bicyclic) bond motifs is 9. The number of hydrogen-bond donors (Lipinski definition) is 0. The maximum atomic E-state index is 13.1. The molecule has 0 fully saturated rings. The number of Topliss-reactive ketones (excluding diaryl/α,β-unsaturated/α-hetero) is 3. The van der Waals surface area contributed by atoms with E-state index in [9.17, 15) is 14.4 Å². The number of rotatable bonds is 12. The van der Waals surface area contributed by atoms with Crippen molar-refractivity contribution in [2.45, 2.75) is 120 Å². The van der Waals surface area contributed by atoms with Crippen molar-refractivity contribution < 1.29 is 37.4 Å². The van der Waals surface area contributed by atoms with Crippen LogP contribution in [-0.4, -0.2) is 73.7 Å². The number of carbonyl (C=O) groups excluding carboxylic acids is 3. The first-order chi connectivity index (χ1) is 45.6. The molecule has 0 unspecified atom stereocenters. The molecule has 492 valence electrons. The number of aryl methyl sites for hydroxylation is 4. The van der Waals surface area contributed by atoms with E-state index in [1.54, 1.807) is 20.5 Å². The van der Waals surface area contributed by atoms with Gasteiger partial charge in [-0.25, -0.2) is 4.98 Å². The molecule has 4 aromatic heterocycles. The maximum Gasteiger partial charge on any atom is 0.169 e. The molecule has 0 amide bonds. The minimum Gasteiger partial charge on any atom is -0.497 e. The lowest BCUT2D eigenvalue weighted by Gasteiger charge is -2.19. The molecule has 0 saturated carbocycles. The molecule has 18 heteroatoms. The molecule has 96 heavy (non-hydrogen) atoms. The molecule has 7 heterocycles. The van der Waals surface area contributed by atoms with Gasteiger partial charge in [-0.2, -0.15) is 0 Å². The van der Waals surface area contributed by atoms with E-state index < -0.39 is 34.4 Å². The summed E-state index contributed by atoms with van der Waals surface area (Å²) in [6, 6.07) is 41.8. The van der Waals surface area contributed by atoms with Crippen LogP contribution in [0.25, 0.3) is 44.6 Å². The van der Waals surface area contributed by atoms with Crippen molar-refractivity contribution >= 4 is 57.7 Å². The van der Waals surface area contributed by atoms with Gasteiger partial charge in [-0.3, -0.25) is 29.4 Å². The first-order valence-electron chi connectivity index (χ1n) is 31.9. The number of aliphatic imine (C=N–C) groups is 3. The highest BCUT2D eigenvalue weighted by Gasteiger charge is 2.38. The first-order valence-corrected chi connectivity index (χ1v) is 32.7. The van der Waals surface area contributed by atoms with Crippen molar-refractivity contribution in [2.75, 3.05) is 14.2 Å². The summed E-state index contributed by atoms with van der Waals surface area (Å²) in [5.41, 5.74) is 16.4. The van der Waals surface area contributed by atoms with Crippen LogP contribution in [-0.2, 0) is 21.4 Å². The van der Waals surface area contributed by atoms with Gasteiger partial charge in [0, 0.05) is 97.7 Å². The number of ketones is 3. The molecule has 3 atom stereocenters. The predicted octanol–water partition coefficient (Wildman–Crippen LogP) is 18.4. The van der Waals surface area contributed by atoms with Crippen molar-refractivity contribution in [3.05, 3.63) is 224 Å². The molecule has 0 radical (unpaired) electrons. The standard InChI is InChI=1S/C28H27ClN4O2.C25H25ClN2O3.C25H26N2O3/c1-16-25-20-11-8-18(23-14-33(5)15-30-23)12-21(20)26(17-6-9-19(29)10-7-17)31-22(27(25)35-32-16)13-24(34)28(2,3)4;1-14-22-18-11-10-17(30-5)12-19(18)23(15-6-8-16(26)9-7-15)27-20(24(22)31-28-14)13-21(29)25(2,3)4;1-15-22-18-8-6-7-9-19(18)23(16-10-12-17(29-5)13-11-16)26-20(24(22)30-27-15)14-21(28)25(2,3)4/h6-12,14-15,22H,13H2,1-5H3;6-12,20H,13H2,1-5H3;6-13,20H,14H2,1-5H3/t22-;2*20-/m000/s1. The van der Waals surface area contributed by atoms with Crippen molar-refractivity contribution in [1.29, 1.82) is 0 Å². The Labute approximate surface area is 569 Å². The van der Waals surface area contributed by atoms with Crippen LogP contribution in [0.15, 0.2) is 175 Å². The Bertz CT molecular complexity index is 4680. The van der Waals surface area contributed by atoms with Crippen LogP contribution in [0.4, 0.5) is 0 Å². The van der Waals surface area contributed by atoms with Gasteiger partial charge in [0.1, 0.15) is 47.0 Å². The first kappa shape index (κ1) is 67.8. The summed E-state index contributed by atoms with van der Waals surface area (Å²) in [6.45, 7) is 23.1. The van der Waals surface area contributed by atoms with Crippen LogP contribution in [0.3, 0.4) is 0 Å². The predicted molar refractivity (Wildman–Crippen MR) is 377 cm³/mol. The second-order valence-electron chi connectivity index (χ2n) is 27.5. The van der Waals surface area contributed by atoms with Gasteiger partial charge in [0.25, 0.3) is 0 Å². The third-order valence-corrected chi connectivity index (χ3v) is 17.9. The quantitative estimate of drug-likeness (QED) is 0.112. The van der Waals surface area contributed by atoms with Crippen molar-refractivity contribution in [2.24, 2.45) is 38.3 Å². The highest BCUT2D eigenvalue weighted by Crippen LogP contribution is 2.46. The largest absolute Gasteiger partial charge is 0.497 e. The van der Waals surface area contributed by atoms with E-state index >= 15 is 0 Å². The molecule has 13 rings (SSSR count). The molecule has 16 nitrogen and oxygen atoms in total. The van der Waals surface area contributed by atoms with Gasteiger partial charge >= 0.3 is 0 Å². The Morgan fingerprint density at radius 3 is 1.18 bits per heavy atom. The number of hydrogen-bond acceptors (Lipinski definition) is 15. The number of halogens is 2. The summed E-state index contributed by atoms with van der Waals surface area (Å²) in [7, 11) is 5.23. The fourth-order valence-corrected chi connectivity index (χ4v) is 12.1. The Morgan fingerprint density at radius 1 is 0.448 bits per heavy atom. The summed E-state index contributed by atoms with van der Waals surface area (Å²) < 4.78 is 30.0. The minimum absolute atomic E-state index is 0.111. The molecule has 0 saturated heterocycles. The van der Waals surface area contributed by atoms with Gasteiger partial charge in [-0.05, 0) is 110 Å². The van der Waals surface area contributed by atoms with Crippen LogP contribution in [0.1, 0.15) is 167 Å². The molecule has 0 bridgehead atoms. The molecule has 3 aliphatic rings. The average Bonchev–Trinajstić information content (AvgIpc) is 1.61. The van der Waals surface area contributed by atoms with E-state index in [0.717, 1.165) is 124 Å². The van der Waals surface area contributed by atoms with E-state index in [1.807, 2.05) is 204 Å². The number of benzene rings is 6. The topological polar surface area (TPSA) is 203 Å². The van der Waals surface area contributed by atoms with Crippen molar-refractivity contribution in [1.82, 2.24) is 25.0 Å². The zero-order valence-electron chi connectivity index (χ0n) is 56.8. The van der Waals surface area contributed by atoms with Gasteiger partial charge in [0.15, 0.2) is 17.3 Å². The lowest BCUT2D eigenvalue weighted by Crippen LogP contribution is -2.22. The van der Waals surface area contributed by atoms with E-state index in [-0.39, 0.29) is 36.6 Å². The lowest BCUT2D eigenvalue weighted by atomic mass is 9.86. The van der Waals surface area contributed by atoms with Crippen LogP contribution in [0.5, 0.6) is 11.5 Å². The summed E-state index contributed by atoms with van der Waals surface area (Å²) in [4.78, 5) is 58.8. The molecular weight excluding hydrogens is 1250 g/mol. The van der Waals surface area contributed by atoms with Crippen LogP contribution in [0.2, 0.25) is 10.0 Å². The minimum atomic E-state index is -0.491. The Kier molecular flexibility index (Phi) is 19.2. The fraction of sp³-hybridized carbons (Fsp3) is 0.308. The zero-order valence-corrected chi connectivity index (χ0v) is 58.3. The van der Waals surface area contributed by atoms with E-state index in [4.69, 9.17) is 61.2 Å². The summed E-state index contributed by atoms with van der Waals surface area (Å²) in [5, 5.41) is 14.0. The summed E-state index contributed by atoms with van der Waals surface area (Å²) in [6.07, 6.45) is 4.49. The number of carbonyl (C=O) groups is 3. The van der Waals surface area contributed by atoms with Crippen LogP contribution in [0, 0.1) is 37.0 Å². The molecule has 0 aliphatic carbocycles. The van der Waals surface area contributed by atoms with E-state index in [0.29, 0.717) is 27.3 Å². The van der Waals surface area contributed by atoms with E-state index in [2.05, 4.69) is 50.8 Å². The number of aromatic nitrogens is 5. The van der Waals surface area contributed by atoms with Crippen LogP contribution >= 0.6 is 23.2 Å². The van der Waals surface area contributed by atoms with Gasteiger partial charge in [0.05, 0.1) is 77.1 Å². The molecule has 0 spiro atoms. The highest BCUT2D eigenvalue weighted by molar-refractivity contribution is 6.31. The molecule has 3 aliphatic heterocycles. The SMILES string of the molecule is COc1ccc(C2=N[C@@H](CC(=O)C(C)(C)C)c3onc(C)c3-c3ccccc32)cc1.COc1ccc2c(c1)C(c1ccc(Cl)cc1)=N[C@@H](CC(=O)C(C)(C)C)c1onc(C)c1-2.Cc1noc2c1-c1ccc(-c3cn(C)cn3)cc1C(c1ccc(Cl)cc1)=N[C@H]2CC(=O)C(C)(C)C. The smallest absolute Gasteiger partial charge is 0.169 e. The molecular formula is C78H78Cl2N8O8. The highest BCUT2D eigenvalue weighted by atomic mass is 35.5. The summed E-state index contributed by atoms with van der Waals surface area (Å²) >= 11 is 12.3. The number of methoxy groups -OCH3 is 2. The third kappa shape index (κ3) is 14.2. The van der Waals surface area contributed by atoms with Gasteiger partial charge in [-0.1, -0.05) is 162 Å². The zero-order chi connectivity index (χ0) is 68.7. The second kappa shape index (κ2) is 27.2. The Hall–Kier alpha value is -9.64. The summed E-state index contributed by atoms with van der Waals surface area (Å²) in [5.74, 6) is 3.76. The second-order valence-corrected chi connectivity index (χ2v) is 28.4. The molecule has 10 aromatic rings.